The number of allylic oxidation sites excluding steroid dienone is 1. The van der Waals surface area contributed by atoms with Crippen molar-refractivity contribution >= 4 is 23.5 Å². The third-order valence-electron chi connectivity index (χ3n) is 3.10. The van der Waals surface area contributed by atoms with Gasteiger partial charge in [-0.25, -0.2) is 4.79 Å². The van der Waals surface area contributed by atoms with Gasteiger partial charge in [0.05, 0.1) is 0 Å². The van der Waals surface area contributed by atoms with Crippen LogP contribution >= 0.6 is 11.6 Å². The van der Waals surface area contributed by atoms with E-state index in [4.69, 9.17) is 16.7 Å². The summed E-state index contributed by atoms with van der Waals surface area (Å²) in [5.41, 5.74) is 0.950. The predicted molar refractivity (Wildman–Crippen MR) is 83.3 cm³/mol. The molecule has 0 saturated heterocycles. The van der Waals surface area contributed by atoms with E-state index in [0.29, 0.717) is 11.4 Å². The van der Waals surface area contributed by atoms with E-state index >= 15 is 0 Å². The zero-order chi connectivity index (χ0) is 15.8. The number of aliphatic carboxylic acids is 1. The maximum absolute atomic E-state index is 12.1. The van der Waals surface area contributed by atoms with Crippen LogP contribution < -0.4 is 5.32 Å². The Morgan fingerprint density at radius 1 is 1.43 bits per heavy atom. The van der Waals surface area contributed by atoms with E-state index in [-0.39, 0.29) is 18.2 Å². The first-order valence-corrected chi connectivity index (χ1v) is 7.20. The summed E-state index contributed by atoms with van der Waals surface area (Å²) in [6, 6.07) is 6.40. The molecule has 0 radical (unpaired) electrons. The number of carbonyl (C=O) groups is 2. The minimum Gasteiger partial charge on any atom is -0.480 e. The van der Waals surface area contributed by atoms with Crippen LogP contribution in [0.5, 0.6) is 0 Å². The average Bonchev–Trinajstić information content (AvgIpc) is 2.42. The van der Waals surface area contributed by atoms with Crippen molar-refractivity contribution in [3.8, 4) is 0 Å². The molecule has 0 aliphatic carbocycles. The van der Waals surface area contributed by atoms with Crippen LogP contribution in [0.1, 0.15) is 25.8 Å². The van der Waals surface area contributed by atoms with Crippen molar-refractivity contribution in [1.29, 1.82) is 0 Å². The standard InChI is InChI=1S/C16H20ClNO3/c1-3-4-8-14(16(20)21)18-15(19)11(2)9-12-6-5-7-13(17)10-12/h3-7,10-11,14H,8-9H2,1-2H3,(H,18,19)(H,20,21)/b4-3+. The van der Waals surface area contributed by atoms with Gasteiger partial charge in [0.15, 0.2) is 0 Å². The van der Waals surface area contributed by atoms with E-state index in [1.807, 2.05) is 19.1 Å². The van der Waals surface area contributed by atoms with Crippen molar-refractivity contribution in [2.24, 2.45) is 5.92 Å². The van der Waals surface area contributed by atoms with E-state index in [1.54, 1.807) is 31.2 Å². The molecule has 4 nitrogen and oxygen atoms in total. The maximum atomic E-state index is 12.1. The van der Waals surface area contributed by atoms with Gasteiger partial charge < -0.3 is 10.4 Å². The Morgan fingerprint density at radius 3 is 2.71 bits per heavy atom. The molecule has 2 N–H and O–H groups in total. The summed E-state index contributed by atoms with van der Waals surface area (Å²) in [7, 11) is 0. The normalized spacial score (nSPS) is 13.9. The number of hydrogen-bond acceptors (Lipinski definition) is 2. The molecular weight excluding hydrogens is 290 g/mol. The molecule has 1 amide bonds. The molecule has 0 saturated carbocycles. The van der Waals surface area contributed by atoms with Crippen LogP contribution in [0.4, 0.5) is 0 Å². The fraction of sp³-hybridized carbons (Fsp3) is 0.375. The minimum atomic E-state index is -1.03. The molecule has 0 fully saturated rings. The van der Waals surface area contributed by atoms with Gasteiger partial charge in [-0.05, 0) is 37.5 Å². The summed E-state index contributed by atoms with van der Waals surface area (Å²) >= 11 is 5.91. The van der Waals surface area contributed by atoms with Gasteiger partial charge in [-0.2, -0.15) is 0 Å². The number of carbonyl (C=O) groups excluding carboxylic acids is 1. The van der Waals surface area contributed by atoms with Gasteiger partial charge in [-0.1, -0.05) is 42.8 Å². The molecular formula is C16H20ClNO3. The largest absolute Gasteiger partial charge is 0.480 e. The van der Waals surface area contributed by atoms with Gasteiger partial charge in [0.25, 0.3) is 0 Å². The molecule has 114 valence electrons. The molecule has 2 atom stereocenters. The number of amides is 1. The first-order chi connectivity index (χ1) is 9.93. The van der Waals surface area contributed by atoms with E-state index in [0.717, 1.165) is 5.56 Å². The molecule has 5 heteroatoms. The van der Waals surface area contributed by atoms with Crippen LogP contribution in [-0.4, -0.2) is 23.0 Å². The van der Waals surface area contributed by atoms with E-state index < -0.39 is 12.0 Å². The zero-order valence-corrected chi connectivity index (χ0v) is 12.9. The van der Waals surface area contributed by atoms with E-state index in [9.17, 15) is 9.59 Å². The maximum Gasteiger partial charge on any atom is 0.326 e. The van der Waals surface area contributed by atoms with Gasteiger partial charge in [0.2, 0.25) is 5.91 Å². The van der Waals surface area contributed by atoms with Crippen molar-refractivity contribution < 1.29 is 14.7 Å². The van der Waals surface area contributed by atoms with Gasteiger partial charge in [-0.3, -0.25) is 4.79 Å². The highest BCUT2D eigenvalue weighted by Gasteiger charge is 2.22. The topological polar surface area (TPSA) is 66.4 Å². The van der Waals surface area contributed by atoms with Crippen LogP contribution in [-0.2, 0) is 16.0 Å². The number of benzene rings is 1. The van der Waals surface area contributed by atoms with Crippen molar-refractivity contribution in [1.82, 2.24) is 5.32 Å². The van der Waals surface area contributed by atoms with Crippen molar-refractivity contribution in [2.75, 3.05) is 0 Å². The van der Waals surface area contributed by atoms with Crippen molar-refractivity contribution in [2.45, 2.75) is 32.7 Å². The highest BCUT2D eigenvalue weighted by molar-refractivity contribution is 6.30. The molecule has 0 aliphatic heterocycles. The van der Waals surface area contributed by atoms with E-state index in [2.05, 4.69) is 5.32 Å². The summed E-state index contributed by atoms with van der Waals surface area (Å²) in [6.45, 7) is 3.58. The number of carboxylic acid groups (broad SMARTS) is 1. The third-order valence-corrected chi connectivity index (χ3v) is 3.34. The molecule has 0 aromatic heterocycles. The second-order valence-corrected chi connectivity index (χ2v) is 5.38. The Hall–Kier alpha value is -1.81. The van der Waals surface area contributed by atoms with E-state index in [1.165, 1.54) is 0 Å². The Kier molecular flexibility index (Phi) is 6.96. The summed E-state index contributed by atoms with van der Waals surface area (Å²) in [5, 5.41) is 12.3. The first kappa shape index (κ1) is 17.2. The lowest BCUT2D eigenvalue weighted by Gasteiger charge is -2.17. The Balaban J connectivity index is 2.62. The Bertz CT molecular complexity index is 528. The highest BCUT2D eigenvalue weighted by atomic mass is 35.5. The van der Waals surface area contributed by atoms with Crippen LogP contribution in [0, 0.1) is 5.92 Å². The second-order valence-electron chi connectivity index (χ2n) is 4.94. The molecule has 2 unspecified atom stereocenters. The molecule has 1 aromatic carbocycles. The number of carboxylic acids is 1. The quantitative estimate of drug-likeness (QED) is 0.761. The van der Waals surface area contributed by atoms with Crippen molar-refractivity contribution in [3.63, 3.8) is 0 Å². The fourth-order valence-corrected chi connectivity index (χ4v) is 2.13. The summed E-state index contributed by atoms with van der Waals surface area (Å²) < 4.78 is 0. The lowest BCUT2D eigenvalue weighted by atomic mass is 10.00. The van der Waals surface area contributed by atoms with Crippen LogP contribution in [0.15, 0.2) is 36.4 Å². The second kappa shape index (κ2) is 8.47. The predicted octanol–water partition coefficient (Wildman–Crippen LogP) is 3.05. The molecule has 0 heterocycles. The number of nitrogens with one attached hydrogen (secondary N) is 1. The molecule has 0 aliphatic rings. The van der Waals surface area contributed by atoms with Gasteiger partial charge in [-0.15, -0.1) is 0 Å². The Labute approximate surface area is 129 Å². The Morgan fingerprint density at radius 2 is 2.14 bits per heavy atom. The lowest BCUT2D eigenvalue weighted by Crippen LogP contribution is -2.43. The number of hydrogen-bond donors (Lipinski definition) is 2. The average molecular weight is 310 g/mol. The lowest BCUT2D eigenvalue weighted by molar-refractivity contribution is -0.142. The van der Waals surface area contributed by atoms with Crippen molar-refractivity contribution in [3.05, 3.63) is 47.0 Å². The summed E-state index contributed by atoms with van der Waals surface area (Å²) in [4.78, 5) is 23.2. The van der Waals surface area contributed by atoms with Crippen LogP contribution in [0.25, 0.3) is 0 Å². The molecule has 1 rings (SSSR count). The summed E-state index contributed by atoms with van der Waals surface area (Å²) in [6.07, 6.45) is 4.28. The number of halogens is 1. The molecule has 0 bridgehead atoms. The third kappa shape index (κ3) is 6.00. The molecule has 0 spiro atoms. The zero-order valence-electron chi connectivity index (χ0n) is 12.2. The highest BCUT2D eigenvalue weighted by Crippen LogP contribution is 2.14. The molecule has 1 aromatic rings. The minimum absolute atomic E-state index is 0.271. The van der Waals surface area contributed by atoms with Gasteiger partial charge in [0.1, 0.15) is 6.04 Å². The summed E-state index contributed by atoms with van der Waals surface area (Å²) in [5.74, 6) is -1.63. The fourth-order valence-electron chi connectivity index (χ4n) is 1.92. The number of rotatable bonds is 7. The molecule has 21 heavy (non-hydrogen) atoms. The van der Waals surface area contributed by atoms with Crippen LogP contribution in [0.2, 0.25) is 5.02 Å². The van der Waals surface area contributed by atoms with Gasteiger partial charge in [0, 0.05) is 10.9 Å². The smallest absolute Gasteiger partial charge is 0.326 e. The van der Waals surface area contributed by atoms with Gasteiger partial charge >= 0.3 is 5.97 Å². The van der Waals surface area contributed by atoms with Crippen LogP contribution in [0.3, 0.4) is 0 Å². The SMILES string of the molecule is C/C=C/CC(NC(=O)C(C)Cc1cccc(Cl)c1)C(=O)O. The first-order valence-electron chi connectivity index (χ1n) is 6.82. The monoisotopic (exact) mass is 309 g/mol.